The smallest absolute Gasteiger partial charge is 0.187 e. The molecule has 0 aromatic rings. The molecule has 3 nitrogen and oxygen atoms in total. The van der Waals surface area contributed by atoms with Crippen LogP contribution in [0.4, 0.5) is 0 Å². The van der Waals surface area contributed by atoms with E-state index in [0.717, 1.165) is 18.9 Å². The zero-order valence-electron chi connectivity index (χ0n) is 11.9. The molecule has 1 rings (SSSR count). The van der Waals surface area contributed by atoms with Crippen LogP contribution in [0.2, 0.25) is 19.1 Å². The van der Waals surface area contributed by atoms with E-state index >= 15 is 0 Å². The molecular formula is C13H28O3Si. The monoisotopic (exact) mass is 260 g/mol. The predicted octanol–water partition coefficient (Wildman–Crippen LogP) is 2.53. The first-order chi connectivity index (χ1) is 7.61. The fourth-order valence-corrected chi connectivity index (χ4v) is 6.69. The Hall–Kier alpha value is 0.0969. The molecule has 0 spiro atoms. The molecule has 0 radical (unpaired) electrons. The van der Waals surface area contributed by atoms with E-state index in [0.29, 0.717) is 6.42 Å². The number of rotatable bonds is 3. The topological polar surface area (TPSA) is 49.7 Å². The maximum Gasteiger partial charge on any atom is 0.187 e. The third-order valence-electron chi connectivity index (χ3n) is 3.19. The van der Waals surface area contributed by atoms with E-state index < -0.39 is 20.5 Å². The number of hydrogen-bond acceptors (Lipinski definition) is 3. The molecule has 3 atom stereocenters. The van der Waals surface area contributed by atoms with Crippen LogP contribution in [0, 0.1) is 5.41 Å². The van der Waals surface area contributed by atoms with Crippen molar-refractivity contribution >= 4 is 8.32 Å². The Bertz CT molecular complexity index is 248. The van der Waals surface area contributed by atoms with E-state index in [4.69, 9.17) is 4.43 Å². The SMILES string of the molecule is CC(C)(C)C[Si](C)(C)O[C@@H]1CCC[C@@H](O)[C@H]1O. The van der Waals surface area contributed by atoms with Crippen molar-refractivity contribution in [3.05, 3.63) is 0 Å². The van der Waals surface area contributed by atoms with Crippen molar-refractivity contribution < 1.29 is 14.6 Å². The van der Waals surface area contributed by atoms with E-state index in [1.165, 1.54) is 0 Å². The Morgan fingerprint density at radius 2 is 1.76 bits per heavy atom. The fourth-order valence-electron chi connectivity index (χ4n) is 2.97. The second-order valence-corrected chi connectivity index (χ2v) is 11.3. The summed E-state index contributed by atoms with van der Waals surface area (Å²) in [5.41, 5.74) is 0.258. The number of aliphatic hydroxyl groups excluding tert-OH is 2. The first-order valence-corrected chi connectivity index (χ1v) is 9.76. The summed E-state index contributed by atoms with van der Waals surface area (Å²) in [6.45, 7) is 11.1. The molecule has 102 valence electrons. The molecular weight excluding hydrogens is 232 g/mol. The Morgan fingerprint density at radius 3 is 2.29 bits per heavy atom. The van der Waals surface area contributed by atoms with Crippen LogP contribution in [0.3, 0.4) is 0 Å². The highest BCUT2D eigenvalue weighted by Gasteiger charge is 2.37. The van der Waals surface area contributed by atoms with Crippen LogP contribution in [-0.4, -0.2) is 36.8 Å². The van der Waals surface area contributed by atoms with Gasteiger partial charge in [0.25, 0.3) is 0 Å². The van der Waals surface area contributed by atoms with Gasteiger partial charge < -0.3 is 14.6 Å². The standard InChI is InChI=1S/C13H28O3Si/c1-13(2,3)9-17(4,5)16-11-8-6-7-10(14)12(11)15/h10-12,14-15H,6-9H2,1-5H3/t10-,11-,12-/m1/s1. The predicted molar refractivity (Wildman–Crippen MR) is 72.5 cm³/mol. The van der Waals surface area contributed by atoms with Crippen LogP contribution in [0.1, 0.15) is 40.0 Å². The second-order valence-electron chi connectivity index (χ2n) is 7.14. The molecule has 0 bridgehead atoms. The van der Waals surface area contributed by atoms with E-state index in [1.54, 1.807) is 0 Å². The highest BCUT2D eigenvalue weighted by atomic mass is 28.4. The lowest BCUT2D eigenvalue weighted by Gasteiger charge is -2.39. The van der Waals surface area contributed by atoms with Gasteiger partial charge in [0.2, 0.25) is 0 Å². The zero-order chi connectivity index (χ0) is 13.3. The molecule has 0 aromatic heterocycles. The van der Waals surface area contributed by atoms with Gasteiger partial charge in [0.1, 0.15) is 6.10 Å². The summed E-state index contributed by atoms with van der Waals surface area (Å²) in [4.78, 5) is 0. The first-order valence-electron chi connectivity index (χ1n) is 6.65. The largest absolute Gasteiger partial charge is 0.412 e. The normalized spacial score (nSPS) is 31.6. The van der Waals surface area contributed by atoms with E-state index in [9.17, 15) is 10.2 Å². The molecule has 1 aliphatic carbocycles. The minimum absolute atomic E-state index is 0.164. The summed E-state index contributed by atoms with van der Waals surface area (Å²) in [5.74, 6) is 0. The Kier molecular flexibility index (Phi) is 4.80. The van der Waals surface area contributed by atoms with Crippen LogP contribution < -0.4 is 0 Å². The van der Waals surface area contributed by atoms with Crippen LogP contribution >= 0.6 is 0 Å². The van der Waals surface area contributed by atoms with Crippen LogP contribution in [0.5, 0.6) is 0 Å². The van der Waals surface area contributed by atoms with Gasteiger partial charge in [-0.15, -0.1) is 0 Å². The molecule has 0 amide bonds. The Labute approximate surface area is 106 Å². The van der Waals surface area contributed by atoms with Gasteiger partial charge in [0.05, 0.1) is 12.2 Å². The highest BCUT2D eigenvalue weighted by molar-refractivity contribution is 6.71. The average Bonchev–Trinajstić information content (AvgIpc) is 2.08. The summed E-state index contributed by atoms with van der Waals surface area (Å²) in [7, 11) is -1.77. The summed E-state index contributed by atoms with van der Waals surface area (Å²) < 4.78 is 6.17. The van der Waals surface area contributed by atoms with Gasteiger partial charge in [0, 0.05) is 0 Å². The van der Waals surface area contributed by atoms with Crippen molar-refractivity contribution in [1.82, 2.24) is 0 Å². The quantitative estimate of drug-likeness (QED) is 0.767. The number of hydrogen-bond donors (Lipinski definition) is 2. The van der Waals surface area contributed by atoms with Gasteiger partial charge in [-0.3, -0.25) is 0 Å². The van der Waals surface area contributed by atoms with Crippen LogP contribution in [0.25, 0.3) is 0 Å². The minimum atomic E-state index is -1.77. The van der Waals surface area contributed by atoms with Gasteiger partial charge in [-0.2, -0.15) is 0 Å². The van der Waals surface area contributed by atoms with Crippen molar-refractivity contribution in [2.24, 2.45) is 5.41 Å². The van der Waals surface area contributed by atoms with Gasteiger partial charge in [0.15, 0.2) is 8.32 Å². The molecule has 0 heterocycles. The van der Waals surface area contributed by atoms with Crippen molar-refractivity contribution in [3.63, 3.8) is 0 Å². The van der Waals surface area contributed by atoms with E-state index in [2.05, 4.69) is 33.9 Å². The summed E-state index contributed by atoms with van der Waals surface area (Å²) in [6.07, 6.45) is 1.05. The molecule has 1 fully saturated rings. The van der Waals surface area contributed by atoms with E-state index in [-0.39, 0.29) is 11.5 Å². The second kappa shape index (κ2) is 5.39. The molecule has 0 aromatic carbocycles. The van der Waals surface area contributed by atoms with Gasteiger partial charge >= 0.3 is 0 Å². The zero-order valence-corrected chi connectivity index (χ0v) is 12.9. The summed E-state index contributed by atoms with van der Waals surface area (Å²) in [5, 5.41) is 19.6. The maximum absolute atomic E-state index is 9.95. The van der Waals surface area contributed by atoms with Crippen molar-refractivity contribution in [2.75, 3.05) is 0 Å². The lowest BCUT2D eigenvalue weighted by atomic mass is 9.92. The molecule has 2 N–H and O–H groups in total. The lowest BCUT2D eigenvalue weighted by molar-refractivity contribution is -0.0781. The fraction of sp³-hybridized carbons (Fsp3) is 1.00. The molecule has 1 aliphatic rings. The number of aliphatic hydroxyl groups is 2. The first kappa shape index (κ1) is 15.2. The lowest BCUT2D eigenvalue weighted by Crippen LogP contribution is -2.49. The molecule has 0 saturated heterocycles. The molecule has 1 saturated carbocycles. The minimum Gasteiger partial charge on any atom is -0.412 e. The molecule has 4 heteroatoms. The summed E-state index contributed by atoms with van der Waals surface area (Å²) in [6, 6.07) is 1.07. The molecule has 17 heavy (non-hydrogen) atoms. The van der Waals surface area contributed by atoms with Gasteiger partial charge in [-0.05, 0) is 43.8 Å². The third kappa shape index (κ3) is 5.08. The van der Waals surface area contributed by atoms with Crippen LogP contribution in [-0.2, 0) is 4.43 Å². The molecule has 0 aliphatic heterocycles. The Morgan fingerprint density at radius 1 is 1.18 bits per heavy atom. The van der Waals surface area contributed by atoms with E-state index in [1.807, 2.05) is 0 Å². The Balaban J connectivity index is 2.57. The average molecular weight is 260 g/mol. The van der Waals surface area contributed by atoms with Gasteiger partial charge in [-0.25, -0.2) is 0 Å². The van der Waals surface area contributed by atoms with Crippen LogP contribution in [0.15, 0.2) is 0 Å². The van der Waals surface area contributed by atoms with Crippen molar-refractivity contribution in [3.8, 4) is 0 Å². The third-order valence-corrected chi connectivity index (χ3v) is 6.04. The summed E-state index contributed by atoms with van der Waals surface area (Å²) >= 11 is 0. The maximum atomic E-state index is 9.95. The molecule has 0 unspecified atom stereocenters. The highest BCUT2D eigenvalue weighted by Crippen LogP contribution is 2.32. The van der Waals surface area contributed by atoms with Crippen molar-refractivity contribution in [1.29, 1.82) is 0 Å². The van der Waals surface area contributed by atoms with Crippen molar-refractivity contribution in [2.45, 2.75) is 77.5 Å². The van der Waals surface area contributed by atoms with Gasteiger partial charge in [-0.1, -0.05) is 20.8 Å².